The number of ether oxygens (including phenoxy) is 7. The molecule has 5 N–H and O–H groups in total. The van der Waals surface area contributed by atoms with Crippen LogP contribution in [-0.4, -0.2) is 105 Å². The van der Waals surface area contributed by atoms with Crippen molar-refractivity contribution in [3.05, 3.63) is 49.9 Å². The molecular formula is C40H45NO15. The highest BCUT2D eigenvalue weighted by Gasteiger charge is 2.50. The fourth-order valence-electron chi connectivity index (χ4n) is 9.92. The third-order valence-electron chi connectivity index (χ3n) is 12.8. The van der Waals surface area contributed by atoms with Crippen LogP contribution in [0.2, 0.25) is 0 Å². The zero-order valence-electron chi connectivity index (χ0n) is 31.2. The molecule has 2 aliphatic carbocycles. The minimum Gasteiger partial charge on any atom is -0.506 e. The largest absolute Gasteiger partial charge is 0.506 e. The zero-order chi connectivity index (χ0) is 38.9. The summed E-state index contributed by atoms with van der Waals surface area (Å²) in [7, 11) is 0. The number of nitrogens with zero attached hydrogens (tertiary/aromatic N) is 1. The third-order valence-corrected chi connectivity index (χ3v) is 12.8. The van der Waals surface area contributed by atoms with Gasteiger partial charge in [0.1, 0.15) is 34.5 Å². The van der Waals surface area contributed by atoms with Gasteiger partial charge in [-0.05, 0) is 44.7 Å². The minimum atomic E-state index is -1.49. The average molecular weight is 780 g/mol. The van der Waals surface area contributed by atoms with E-state index in [0.29, 0.717) is 61.9 Å². The van der Waals surface area contributed by atoms with E-state index in [4.69, 9.17) is 37.6 Å². The molecule has 0 bridgehead atoms. The number of hydrogen-bond acceptors (Lipinski definition) is 15. The standard InChI is InChI=1S/C40H45NO15/c1-15-19(42)4-6-24(52-15)54-21-5-7-25(53-16(21)2)55-23-12-20(43)28-34(46)31-35(47)30-26-17(10-18-13-40(3)41(8-9-51-40)39(48)27(18)33(26)45)11-22-29(30)37(50-14-49-22)38(31)56-36(28)32(23)44/h10,15-16,19-25,32,42-45,47H,4-9,11-14H2,1-3H3/t15-,16-,19+,20+,21+,22-,23-,24+,25+,32+,40-/m1/s1. The second kappa shape index (κ2) is 13.1. The first-order valence-corrected chi connectivity index (χ1v) is 19.5. The van der Waals surface area contributed by atoms with Gasteiger partial charge in [0.15, 0.2) is 30.7 Å². The quantitative estimate of drug-likeness (QED) is 0.257. The molecule has 6 heterocycles. The molecule has 0 saturated carbocycles. The molecule has 7 aliphatic rings. The van der Waals surface area contributed by atoms with Crippen molar-refractivity contribution in [3.8, 4) is 28.4 Å². The lowest BCUT2D eigenvalue weighted by Crippen LogP contribution is -2.51. The Bertz CT molecular complexity index is 2200. The molecule has 2 aromatic carbocycles. The number of fused-ring (bicyclic) bond motifs is 7. The van der Waals surface area contributed by atoms with Crippen LogP contribution in [0.4, 0.5) is 0 Å². The topological polar surface area (TPSA) is 216 Å². The van der Waals surface area contributed by atoms with Gasteiger partial charge < -0.3 is 68.0 Å². The predicted octanol–water partition coefficient (Wildman–Crippen LogP) is 3.23. The van der Waals surface area contributed by atoms with E-state index in [1.807, 2.05) is 19.9 Å². The molecule has 1 amide bonds. The van der Waals surface area contributed by atoms with Crippen LogP contribution in [0.25, 0.3) is 22.1 Å². The smallest absolute Gasteiger partial charge is 0.260 e. The molecular weight excluding hydrogens is 734 g/mol. The van der Waals surface area contributed by atoms with Gasteiger partial charge in [-0.2, -0.15) is 0 Å². The molecule has 3 fully saturated rings. The Balaban J connectivity index is 0.981. The summed E-state index contributed by atoms with van der Waals surface area (Å²) in [4.78, 5) is 29.8. The molecule has 0 radical (unpaired) electrons. The Morgan fingerprint density at radius 2 is 1.62 bits per heavy atom. The molecule has 0 spiro atoms. The highest BCUT2D eigenvalue weighted by molar-refractivity contribution is 6.06. The van der Waals surface area contributed by atoms with Gasteiger partial charge in [-0.1, -0.05) is 6.07 Å². The van der Waals surface area contributed by atoms with E-state index >= 15 is 0 Å². The van der Waals surface area contributed by atoms with E-state index in [1.165, 1.54) is 0 Å². The van der Waals surface area contributed by atoms with Gasteiger partial charge in [-0.3, -0.25) is 9.59 Å². The number of phenolic OH excluding ortho intramolecular Hbond substituents is 2. The minimum absolute atomic E-state index is 0.0740. The van der Waals surface area contributed by atoms with Crippen molar-refractivity contribution in [2.24, 2.45) is 0 Å². The molecule has 10 rings (SSSR count). The summed E-state index contributed by atoms with van der Waals surface area (Å²) in [6, 6.07) is 1.83. The first-order chi connectivity index (χ1) is 26.8. The summed E-state index contributed by atoms with van der Waals surface area (Å²) < 4.78 is 48.5. The maximum atomic E-state index is 14.4. The van der Waals surface area contributed by atoms with E-state index in [9.17, 15) is 35.1 Å². The van der Waals surface area contributed by atoms with Crippen LogP contribution < -0.4 is 10.2 Å². The summed E-state index contributed by atoms with van der Waals surface area (Å²) in [5, 5.41) is 56.7. The monoisotopic (exact) mass is 779 g/mol. The maximum Gasteiger partial charge on any atom is 0.260 e. The molecule has 5 aliphatic heterocycles. The molecule has 16 nitrogen and oxygen atoms in total. The molecule has 16 heteroatoms. The summed E-state index contributed by atoms with van der Waals surface area (Å²) >= 11 is 0. The van der Waals surface area contributed by atoms with E-state index < -0.39 is 72.0 Å². The number of rotatable bonds is 4. The van der Waals surface area contributed by atoms with Gasteiger partial charge >= 0.3 is 0 Å². The molecule has 3 saturated heterocycles. The number of aliphatic hydroxyl groups is 3. The normalized spacial score (nSPS) is 36.0. The van der Waals surface area contributed by atoms with Crippen molar-refractivity contribution in [2.75, 3.05) is 19.9 Å². The van der Waals surface area contributed by atoms with Crippen LogP contribution in [0.3, 0.4) is 0 Å². The first-order valence-electron chi connectivity index (χ1n) is 19.5. The predicted molar refractivity (Wildman–Crippen MR) is 191 cm³/mol. The summed E-state index contributed by atoms with van der Waals surface area (Å²) in [6.45, 7) is 6.02. The van der Waals surface area contributed by atoms with Crippen molar-refractivity contribution in [1.29, 1.82) is 0 Å². The lowest BCUT2D eigenvalue weighted by Gasteiger charge is -2.41. The number of benzene rings is 2. The summed E-state index contributed by atoms with van der Waals surface area (Å²) in [5.41, 5.74) is -0.111. The number of hydrogen-bond donors (Lipinski definition) is 5. The van der Waals surface area contributed by atoms with Crippen LogP contribution >= 0.6 is 0 Å². The number of carbonyl (C=O) groups excluding carboxylic acids is 1. The molecule has 11 atom stereocenters. The molecule has 1 aromatic heterocycles. The fraction of sp³-hybridized carbons (Fsp3) is 0.600. The van der Waals surface area contributed by atoms with Gasteiger partial charge in [0, 0.05) is 55.3 Å². The Morgan fingerprint density at radius 1 is 0.875 bits per heavy atom. The Kier molecular flexibility index (Phi) is 8.53. The van der Waals surface area contributed by atoms with Gasteiger partial charge in [0.25, 0.3) is 5.91 Å². The lowest BCUT2D eigenvalue weighted by molar-refractivity contribution is -0.293. The van der Waals surface area contributed by atoms with Crippen LogP contribution in [0.1, 0.15) is 110 Å². The SMILES string of the molecule is C[C@H]1O[C@@H](O[C@@H]2C[C@H](O)c3c(oc4c5c6c(c(O)c4c3=O)-c3c(cc4c(c3O)C(=O)N3CCO[C@]3(C)C4)C[C@H]6OCO5)[C@H]2O)CC[C@@H]1O[C@H]1CC[C@H](O)[C@@H](C)O1. The molecule has 300 valence electrons. The van der Waals surface area contributed by atoms with Crippen LogP contribution in [0, 0.1) is 0 Å². The number of carbonyl (C=O) groups is 1. The van der Waals surface area contributed by atoms with Gasteiger partial charge in [0.2, 0.25) is 5.43 Å². The number of aromatic hydroxyl groups is 2. The first kappa shape index (κ1) is 36.5. The summed E-state index contributed by atoms with van der Waals surface area (Å²) in [5.74, 6) is -1.40. The average Bonchev–Trinajstić information content (AvgIpc) is 3.55. The maximum absolute atomic E-state index is 14.4. The third kappa shape index (κ3) is 5.38. The van der Waals surface area contributed by atoms with Crippen LogP contribution in [0.15, 0.2) is 15.3 Å². The zero-order valence-corrected chi connectivity index (χ0v) is 31.2. The van der Waals surface area contributed by atoms with Gasteiger partial charge in [-0.25, -0.2) is 0 Å². The van der Waals surface area contributed by atoms with Crippen molar-refractivity contribution >= 4 is 16.9 Å². The van der Waals surface area contributed by atoms with Crippen LogP contribution in [0.5, 0.6) is 17.2 Å². The fourth-order valence-corrected chi connectivity index (χ4v) is 9.92. The highest BCUT2D eigenvalue weighted by atomic mass is 16.7. The highest BCUT2D eigenvalue weighted by Crippen LogP contribution is 2.58. The van der Waals surface area contributed by atoms with Gasteiger partial charge in [-0.15, -0.1) is 0 Å². The van der Waals surface area contributed by atoms with Gasteiger partial charge in [0.05, 0.1) is 60.5 Å². The van der Waals surface area contributed by atoms with Crippen molar-refractivity contribution in [3.63, 3.8) is 0 Å². The Labute approximate surface area is 320 Å². The van der Waals surface area contributed by atoms with Crippen LogP contribution in [-0.2, 0) is 41.3 Å². The second-order valence-electron chi connectivity index (χ2n) is 16.3. The Hall–Kier alpha value is -3.84. The van der Waals surface area contributed by atoms with Crippen molar-refractivity contribution < 1.29 is 67.9 Å². The number of aliphatic hydroxyl groups excluding tert-OH is 3. The van der Waals surface area contributed by atoms with E-state index in [0.717, 1.165) is 0 Å². The van der Waals surface area contributed by atoms with E-state index in [-0.39, 0.29) is 82.3 Å². The molecule has 56 heavy (non-hydrogen) atoms. The van der Waals surface area contributed by atoms with E-state index in [2.05, 4.69) is 0 Å². The Morgan fingerprint density at radius 3 is 2.39 bits per heavy atom. The van der Waals surface area contributed by atoms with Crippen molar-refractivity contribution in [1.82, 2.24) is 4.90 Å². The summed E-state index contributed by atoms with van der Waals surface area (Å²) in [6.07, 6.45) is -4.81. The van der Waals surface area contributed by atoms with Crippen molar-refractivity contribution in [2.45, 2.75) is 133 Å². The number of amides is 1. The lowest BCUT2D eigenvalue weighted by atomic mass is 9.77. The molecule has 0 unspecified atom stereocenters. The molecule has 3 aromatic rings. The van der Waals surface area contributed by atoms with E-state index in [1.54, 1.807) is 11.8 Å². The number of phenols is 2. The second-order valence-corrected chi connectivity index (χ2v) is 16.3.